The number of hydrogen-bond acceptors (Lipinski definition) is 4. The molecule has 3 N–H and O–H groups in total. The van der Waals surface area contributed by atoms with Crippen LogP contribution in [0.15, 0.2) is 12.3 Å². The first-order valence-corrected chi connectivity index (χ1v) is 4.46. The van der Waals surface area contributed by atoms with E-state index in [9.17, 15) is 14.4 Å². The van der Waals surface area contributed by atoms with Crippen LogP contribution in [0.4, 0.5) is 4.79 Å². The Balaban J connectivity index is 4.29. The van der Waals surface area contributed by atoms with Crippen molar-refractivity contribution in [1.82, 2.24) is 4.90 Å². The topological polar surface area (TPSA) is 115 Å². The van der Waals surface area contributed by atoms with Crippen LogP contribution in [0.2, 0.25) is 0 Å². The molecule has 2 amide bonds. The molecule has 0 saturated heterocycles. The number of aliphatic carboxylic acids is 1. The molecule has 0 saturated carbocycles. The van der Waals surface area contributed by atoms with Gasteiger partial charge in [-0.15, -0.1) is 0 Å². The van der Waals surface area contributed by atoms with E-state index in [1.807, 2.05) is 0 Å². The van der Waals surface area contributed by atoms with E-state index in [2.05, 4.69) is 6.58 Å². The van der Waals surface area contributed by atoms with E-state index in [-0.39, 0.29) is 18.6 Å². The van der Waals surface area contributed by atoms with Gasteiger partial charge in [0.2, 0.25) is 5.91 Å². The summed E-state index contributed by atoms with van der Waals surface area (Å²) < 4.78 is 0. The average molecular weight is 231 g/mol. The van der Waals surface area contributed by atoms with E-state index < -0.39 is 30.9 Å². The third-order valence-corrected chi connectivity index (χ3v) is 1.71. The zero-order valence-corrected chi connectivity index (χ0v) is 8.55. The van der Waals surface area contributed by atoms with Crippen molar-refractivity contribution in [3.8, 4) is 0 Å². The third kappa shape index (κ3) is 5.63. The summed E-state index contributed by atoms with van der Waals surface area (Å²) in [5.74, 6) is -2.17. The molecule has 0 unspecified atom stereocenters. The molecule has 7 heteroatoms. The van der Waals surface area contributed by atoms with Crippen LogP contribution in [0, 0.1) is 0 Å². The molecule has 0 atom stereocenters. The number of aliphatic hydroxyl groups is 1. The summed E-state index contributed by atoms with van der Waals surface area (Å²) in [4.78, 5) is 32.6. The molecule has 0 aliphatic rings. The number of allylic oxidation sites excluding steroid dienone is 1. The van der Waals surface area contributed by atoms with Gasteiger partial charge < -0.3 is 15.3 Å². The van der Waals surface area contributed by atoms with Crippen LogP contribution in [-0.2, 0) is 9.59 Å². The zero-order chi connectivity index (χ0) is 12.7. The van der Waals surface area contributed by atoms with E-state index in [1.165, 1.54) is 0 Å². The minimum Gasteiger partial charge on any atom is -0.513 e. The van der Waals surface area contributed by atoms with Crippen LogP contribution < -0.4 is 0 Å². The van der Waals surface area contributed by atoms with Crippen molar-refractivity contribution in [2.24, 2.45) is 0 Å². The summed E-state index contributed by atoms with van der Waals surface area (Å²) in [5, 5.41) is 25.7. The first kappa shape index (κ1) is 13.9. The Kier molecular flexibility index (Phi) is 5.61. The van der Waals surface area contributed by atoms with Crippen LogP contribution >= 0.6 is 0 Å². The maximum atomic E-state index is 11.3. The van der Waals surface area contributed by atoms with Gasteiger partial charge in [-0.1, -0.05) is 6.58 Å². The molecule has 0 aliphatic carbocycles. The number of carboxylic acid groups (broad SMARTS) is 2. The highest BCUT2D eigenvalue weighted by Gasteiger charge is 2.20. The minimum absolute atomic E-state index is 0.0459. The third-order valence-electron chi connectivity index (χ3n) is 1.71. The molecular weight excluding hydrogens is 218 g/mol. The summed E-state index contributed by atoms with van der Waals surface area (Å²) in [6.45, 7) is 2.75. The van der Waals surface area contributed by atoms with Gasteiger partial charge in [0.1, 0.15) is 0 Å². The van der Waals surface area contributed by atoms with Crippen LogP contribution in [0.1, 0.15) is 19.3 Å². The van der Waals surface area contributed by atoms with E-state index in [0.29, 0.717) is 4.90 Å². The lowest BCUT2D eigenvalue weighted by molar-refractivity contribution is -0.137. The number of carboxylic acids is 1. The number of imide groups is 1. The molecule has 90 valence electrons. The highest BCUT2D eigenvalue weighted by atomic mass is 16.4. The summed E-state index contributed by atoms with van der Waals surface area (Å²) in [7, 11) is 0. The number of rotatable bonds is 6. The van der Waals surface area contributed by atoms with Crippen LogP contribution in [0.25, 0.3) is 0 Å². The summed E-state index contributed by atoms with van der Waals surface area (Å²) >= 11 is 0. The number of hydrogen-bond donors (Lipinski definition) is 3. The zero-order valence-electron chi connectivity index (χ0n) is 8.55. The fourth-order valence-corrected chi connectivity index (χ4v) is 0.921. The van der Waals surface area contributed by atoms with Crippen LogP contribution in [0.5, 0.6) is 0 Å². The normalized spacial score (nSPS) is 9.50. The Bertz CT molecular complexity index is 311. The van der Waals surface area contributed by atoms with Crippen LogP contribution in [-0.4, -0.2) is 44.7 Å². The second kappa shape index (κ2) is 6.44. The largest absolute Gasteiger partial charge is 0.513 e. The Morgan fingerprint density at radius 1 is 1.00 bits per heavy atom. The van der Waals surface area contributed by atoms with Crippen molar-refractivity contribution < 1.29 is 29.7 Å². The fraction of sp³-hybridized carbons (Fsp3) is 0.444. The molecule has 0 rings (SSSR count). The minimum atomic E-state index is -1.50. The molecule has 7 nitrogen and oxygen atoms in total. The lowest BCUT2D eigenvalue weighted by Crippen LogP contribution is -2.37. The molecule has 0 aromatic carbocycles. The van der Waals surface area contributed by atoms with Gasteiger partial charge in [-0.25, -0.2) is 9.69 Å². The second-order valence-corrected chi connectivity index (χ2v) is 3.04. The number of carbonyl (C=O) groups is 3. The van der Waals surface area contributed by atoms with Crippen molar-refractivity contribution in [3.05, 3.63) is 12.3 Å². The van der Waals surface area contributed by atoms with Crippen molar-refractivity contribution in [1.29, 1.82) is 0 Å². The number of amides is 2. The lowest BCUT2D eigenvalue weighted by atomic mass is 10.2. The van der Waals surface area contributed by atoms with Gasteiger partial charge in [0.05, 0.1) is 12.2 Å². The maximum Gasteiger partial charge on any atom is 0.414 e. The predicted molar refractivity (Wildman–Crippen MR) is 53.0 cm³/mol. The van der Waals surface area contributed by atoms with E-state index in [1.54, 1.807) is 0 Å². The molecule has 0 radical (unpaired) electrons. The molecule has 0 spiro atoms. The summed E-state index contributed by atoms with van der Waals surface area (Å²) in [6.07, 6.45) is -2.22. The lowest BCUT2D eigenvalue weighted by Gasteiger charge is -2.15. The van der Waals surface area contributed by atoms with Crippen molar-refractivity contribution in [3.63, 3.8) is 0 Å². The molecule has 0 fully saturated rings. The highest BCUT2D eigenvalue weighted by Crippen LogP contribution is 2.04. The van der Waals surface area contributed by atoms with Gasteiger partial charge in [-0.05, 0) is 0 Å². The molecule has 0 bridgehead atoms. The number of aliphatic hydroxyl groups excluding tert-OH is 1. The van der Waals surface area contributed by atoms with E-state index in [0.717, 1.165) is 0 Å². The first-order valence-electron chi connectivity index (χ1n) is 4.46. The van der Waals surface area contributed by atoms with Gasteiger partial charge in [-0.3, -0.25) is 9.59 Å². The molecule has 0 aromatic heterocycles. The number of carbonyl (C=O) groups excluding carboxylic acids is 1. The van der Waals surface area contributed by atoms with E-state index >= 15 is 0 Å². The monoisotopic (exact) mass is 231 g/mol. The van der Waals surface area contributed by atoms with E-state index in [4.69, 9.17) is 15.3 Å². The van der Waals surface area contributed by atoms with Gasteiger partial charge in [-0.2, -0.15) is 0 Å². The molecule has 16 heavy (non-hydrogen) atoms. The van der Waals surface area contributed by atoms with Crippen molar-refractivity contribution in [2.75, 3.05) is 6.54 Å². The fourth-order valence-electron chi connectivity index (χ4n) is 0.921. The number of nitrogens with zero attached hydrogens (tertiary/aromatic N) is 1. The summed E-state index contributed by atoms with van der Waals surface area (Å²) in [6, 6.07) is 0. The second-order valence-electron chi connectivity index (χ2n) is 3.04. The van der Waals surface area contributed by atoms with Gasteiger partial charge in [0, 0.05) is 19.4 Å². The summed E-state index contributed by atoms with van der Waals surface area (Å²) in [5.41, 5.74) is 0. The highest BCUT2D eigenvalue weighted by molar-refractivity contribution is 5.91. The Labute approximate surface area is 91.6 Å². The molecule has 0 aromatic rings. The molecule has 0 heterocycles. The quantitative estimate of drug-likeness (QED) is 0.583. The van der Waals surface area contributed by atoms with Crippen molar-refractivity contribution in [2.45, 2.75) is 19.3 Å². The van der Waals surface area contributed by atoms with Gasteiger partial charge in [0.15, 0.2) is 0 Å². The Hall–Kier alpha value is -2.05. The molecule has 0 aliphatic heterocycles. The van der Waals surface area contributed by atoms with Gasteiger partial charge >= 0.3 is 12.1 Å². The smallest absolute Gasteiger partial charge is 0.414 e. The molecular formula is C9H13NO6. The Morgan fingerprint density at radius 2 is 1.56 bits per heavy atom. The van der Waals surface area contributed by atoms with Crippen LogP contribution in [0.3, 0.4) is 0 Å². The van der Waals surface area contributed by atoms with Gasteiger partial charge in [0.25, 0.3) is 0 Å². The first-order chi connectivity index (χ1) is 7.34. The van der Waals surface area contributed by atoms with Crippen molar-refractivity contribution >= 4 is 18.0 Å². The average Bonchev–Trinajstić information content (AvgIpc) is 2.13. The SMILES string of the molecule is C=C(O)CCC(=O)N(CCC(=O)O)C(=O)O. The Morgan fingerprint density at radius 3 is 1.94 bits per heavy atom. The standard InChI is InChI=1S/C9H13NO6/c1-6(11)2-3-7(12)10(9(15)16)5-4-8(13)14/h11H,1-5H2,(H,13,14)(H,15,16). The predicted octanol–water partition coefficient (Wildman–Crippen LogP) is 0.820. The maximum absolute atomic E-state index is 11.3.